The second kappa shape index (κ2) is 6.81. The quantitative estimate of drug-likeness (QED) is 0.833. The molecular formula is C15H23N3O2. The normalized spacial score (nSPS) is 15.7. The Morgan fingerprint density at radius 3 is 2.80 bits per heavy atom. The highest BCUT2D eigenvalue weighted by Crippen LogP contribution is 2.23. The zero-order chi connectivity index (χ0) is 14.5. The highest BCUT2D eigenvalue weighted by atomic mass is 16.5. The van der Waals surface area contributed by atoms with Crippen molar-refractivity contribution >= 4 is 5.69 Å². The van der Waals surface area contributed by atoms with Crippen molar-refractivity contribution in [2.75, 3.05) is 31.7 Å². The van der Waals surface area contributed by atoms with Gasteiger partial charge in [-0.2, -0.15) is 0 Å². The molecule has 0 spiro atoms. The van der Waals surface area contributed by atoms with Gasteiger partial charge in [-0.3, -0.25) is 0 Å². The Balaban J connectivity index is 2.17. The predicted octanol–water partition coefficient (Wildman–Crippen LogP) is 1.88. The fourth-order valence-corrected chi connectivity index (χ4v) is 2.33. The first-order chi connectivity index (χ1) is 9.65. The van der Waals surface area contributed by atoms with Crippen LogP contribution < -0.4 is 4.90 Å². The maximum absolute atomic E-state index is 9.54. The molecule has 0 aromatic carbocycles. The Kier molecular flexibility index (Phi) is 5.09. The largest absolute Gasteiger partial charge is 0.390 e. The summed E-state index contributed by atoms with van der Waals surface area (Å²) in [5.74, 6) is 1.05. The van der Waals surface area contributed by atoms with E-state index in [4.69, 9.17) is 4.74 Å². The van der Waals surface area contributed by atoms with Crippen LogP contribution in [0.2, 0.25) is 0 Å². The molecule has 0 saturated carbocycles. The van der Waals surface area contributed by atoms with E-state index in [2.05, 4.69) is 34.8 Å². The standard InChI is InChI=1S/C15H23N3O2/c1-11(2)15-16-8-14(13(9-19)17-15)18-6-4-12(5-7-18)10-20-3/h4,8,11,19H,5-7,9-10H2,1-3H3. The van der Waals surface area contributed by atoms with Gasteiger partial charge in [-0.1, -0.05) is 19.9 Å². The van der Waals surface area contributed by atoms with Gasteiger partial charge in [-0.25, -0.2) is 9.97 Å². The van der Waals surface area contributed by atoms with E-state index in [1.807, 2.05) is 6.20 Å². The van der Waals surface area contributed by atoms with Crippen molar-refractivity contribution in [1.82, 2.24) is 9.97 Å². The lowest BCUT2D eigenvalue weighted by molar-refractivity contribution is 0.222. The van der Waals surface area contributed by atoms with Crippen molar-refractivity contribution < 1.29 is 9.84 Å². The molecule has 0 aliphatic carbocycles. The number of nitrogens with zero attached hydrogens (tertiary/aromatic N) is 3. The van der Waals surface area contributed by atoms with Crippen LogP contribution in [0.4, 0.5) is 5.69 Å². The highest BCUT2D eigenvalue weighted by molar-refractivity contribution is 5.50. The molecule has 1 aromatic heterocycles. The van der Waals surface area contributed by atoms with Gasteiger partial charge >= 0.3 is 0 Å². The van der Waals surface area contributed by atoms with Crippen LogP contribution >= 0.6 is 0 Å². The summed E-state index contributed by atoms with van der Waals surface area (Å²) in [6.45, 7) is 6.47. The molecule has 0 amide bonds. The number of ether oxygens (including phenoxy) is 1. The van der Waals surface area contributed by atoms with E-state index in [1.165, 1.54) is 5.57 Å². The number of aromatic nitrogens is 2. The molecule has 110 valence electrons. The lowest BCUT2D eigenvalue weighted by Gasteiger charge is -2.29. The zero-order valence-electron chi connectivity index (χ0n) is 12.5. The molecule has 5 heteroatoms. The zero-order valence-corrected chi connectivity index (χ0v) is 12.5. The molecule has 0 unspecified atom stereocenters. The van der Waals surface area contributed by atoms with E-state index >= 15 is 0 Å². The van der Waals surface area contributed by atoms with Crippen LogP contribution in [0.3, 0.4) is 0 Å². The summed E-state index contributed by atoms with van der Waals surface area (Å²) in [5.41, 5.74) is 2.98. The number of hydrogen-bond acceptors (Lipinski definition) is 5. The molecule has 5 nitrogen and oxygen atoms in total. The van der Waals surface area contributed by atoms with Gasteiger partial charge in [-0.15, -0.1) is 0 Å². The third-order valence-corrected chi connectivity index (χ3v) is 3.50. The van der Waals surface area contributed by atoms with Crippen molar-refractivity contribution in [1.29, 1.82) is 0 Å². The average Bonchev–Trinajstić information content (AvgIpc) is 2.47. The molecular weight excluding hydrogens is 254 g/mol. The smallest absolute Gasteiger partial charge is 0.131 e. The number of hydrogen-bond donors (Lipinski definition) is 1. The van der Waals surface area contributed by atoms with Crippen LogP contribution in [0, 0.1) is 0 Å². The Bertz CT molecular complexity index is 486. The minimum absolute atomic E-state index is 0.0529. The van der Waals surface area contributed by atoms with Crippen LogP contribution in [0.25, 0.3) is 0 Å². The first kappa shape index (κ1) is 14.9. The Morgan fingerprint density at radius 1 is 1.45 bits per heavy atom. The van der Waals surface area contributed by atoms with Crippen molar-refractivity contribution in [2.24, 2.45) is 0 Å². The van der Waals surface area contributed by atoms with Crippen LogP contribution in [0.5, 0.6) is 0 Å². The topological polar surface area (TPSA) is 58.5 Å². The molecule has 1 N–H and O–H groups in total. The molecule has 1 aliphatic rings. The summed E-state index contributed by atoms with van der Waals surface area (Å²) in [7, 11) is 1.72. The van der Waals surface area contributed by atoms with Crippen LogP contribution in [0.15, 0.2) is 17.8 Å². The Morgan fingerprint density at radius 2 is 2.25 bits per heavy atom. The van der Waals surface area contributed by atoms with Crippen molar-refractivity contribution in [2.45, 2.75) is 32.8 Å². The maximum atomic E-state index is 9.54. The van der Waals surface area contributed by atoms with Crippen LogP contribution in [0.1, 0.15) is 37.7 Å². The second-order valence-corrected chi connectivity index (χ2v) is 5.36. The Hall–Kier alpha value is -1.46. The van der Waals surface area contributed by atoms with E-state index in [0.717, 1.165) is 31.0 Å². The molecule has 0 fully saturated rings. The van der Waals surface area contributed by atoms with Crippen molar-refractivity contribution in [3.05, 3.63) is 29.4 Å². The van der Waals surface area contributed by atoms with Gasteiger partial charge in [0.05, 0.1) is 30.8 Å². The molecule has 2 heterocycles. The van der Waals surface area contributed by atoms with Crippen LogP contribution in [-0.2, 0) is 11.3 Å². The van der Waals surface area contributed by atoms with E-state index in [1.54, 1.807) is 7.11 Å². The molecule has 0 radical (unpaired) electrons. The SMILES string of the molecule is COCC1=CCN(c2cnc(C(C)C)nc2CO)CC1. The number of anilines is 1. The van der Waals surface area contributed by atoms with Gasteiger partial charge in [0.15, 0.2) is 0 Å². The molecule has 0 atom stereocenters. The predicted molar refractivity (Wildman–Crippen MR) is 78.8 cm³/mol. The molecule has 0 bridgehead atoms. The van der Waals surface area contributed by atoms with Crippen LogP contribution in [-0.4, -0.2) is 41.9 Å². The minimum atomic E-state index is -0.0529. The van der Waals surface area contributed by atoms with Gasteiger partial charge in [0.2, 0.25) is 0 Å². The first-order valence-electron chi connectivity index (χ1n) is 7.04. The summed E-state index contributed by atoms with van der Waals surface area (Å²) in [5, 5.41) is 9.54. The molecule has 1 aliphatic heterocycles. The third kappa shape index (κ3) is 3.35. The highest BCUT2D eigenvalue weighted by Gasteiger charge is 2.17. The third-order valence-electron chi connectivity index (χ3n) is 3.50. The number of aliphatic hydroxyl groups is 1. The molecule has 2 rings (SSSR count). The van der Waals surface area contributed by atoms with Crippen molar-refractivity contribution in [3.8, 4) is 0 Å². The summed E-state index contributed by atoms with van der Waals surface area (Å²) >= 11 is 0. The van der Waals surface area contributed by atoms with E-state index in [-0.39, 0.29) is 12.5 Å². The number of rotatable bonds is 5. The van der Waals surface area contributed by atoms with Gasteiger partial charge in [0.1, 0.15) is 5.82 Å². The Labute approximate surface area is 120 Å². The van der Waals surface area contributed by atoms with Gasteiger partial charge < -0.3 is 14.7 Å². The van der Waals surface area contributed by atoms with Gasteiger partial charge in [-0.05, 0) is 12.0 Å². The van der Waals surface area contributed by atoms with E-state index < -0.39 is 0 Å². The van der Waals surface area contributed by atoms with E-state index in [0.29, 0.717) is 12.3 Å². The number of methoxy groups -OCH3 is 1. The van der Waals surface area contributed by atoms with E-state index in [9.17, 15) is 5.11 Å². The fourth-order valence-electron chi connectivity index (χ4n) is 2.33. The maximum Gasteiger partial charge on any atom is 0.131 e. The van der Waals surface area contributed by atoms with Gasteiger partial charge in [0.25, 0.3) is 0 Å². The molecule has 20 heavy (non-hydrogen) atoms. The summed E-state index contributed by atoms with van der Waals surface area (Å²) in [6, 6.07) is 0. The number of aliphatic hydroxyl groups excluding tert-OH is 1. The lowest BCUT2D eigenvalue weighted by atomic mass is 10.1. The summed E-state index contributed by atoms with van der Waals surface area (Å²) in [4.78, 5) is 11.1. The summed E-state index contributed by atoms with van der Waals surface area (Å²) in [6.07, 6.45) is 5.00. The lowest BCUT2D eigenvalue weighted by Crippen LogP contribution is -2.30. The molecule has 1 aromatic rings. The fraction of sp³-hybridized carbons (Fsp3) is 0.600. The summed E-state index contributed by atoms with van der Waals surface area (Å²) < 4.78 is 5.16. The molecule has 0 saturated heterocycles. The monoisotopic (exact) mass is 277 g/mol. The van der Waals surface area contributed by atoms with Gasteiger partial charge in [0, 0.05) is 26.1 Å². The second-order valence-electron chi connectivity index (χ2n) is 5.36. The average molecular weight is 277 g/mol. The van der Waals surface area contributed by atoms with Crippen molar-refractivity contribution in [3.63, 3.8) is 0 Å². The minimum Gasteiger partial charge on any atom is -0.390 e. The first-order valence-corrected chi connectivity index (χ1v) is 7.04.